The highest BCUT2D eigenvalue weighted by Gasteiger charge is 2.50. The van der Waals surface area contributed by atoms with Crippen molar-refractivity contribution >= 4 is 5.97 Å². The summed E-state index contributed by atoms with van der Waals surface area (Å²) < 4.78 is 5.82. The van der Waals surface area contributed by atoms with E-state index in [9.17, 15) is 4.79 Å². The van der Waals surface area contributed by atoms with Crippen LogP contribution >= 0.6 is 0 Å². The lowest BCUT2D eigenvalue weighted by molar-refractivity contribution is -0.154. The molecular weight excluding hydrogens is 284 g/mol. The minimum Gasteiger partial charge on any atom is -0.464 e. The summed E-state index contributed by atoms with van der Waals surface area (Å²) in [7, 11) is 0. The molecule has 0 aliphatic heterocycles. The van der Waals surface area contributed by atoms with Crippen molar-refractivity contribution in [3.63, 3.8) is 0 Å². The zero-order valence-electron chi connectivity index (χ0n) is 16.5. The average Bonchev–Trinajstić information content (AvgIpc) is 3.23. The molecule has 2 rings (SSSR count). The lowest BCUT2D eigenvalue weighted by atomic mass is 9.75. The van der Waals surface area contributed by atoms with Gasteiger partial charge in [0, 0.05) is 5.41 Å². The van der Waals surface area contributed by atoms with Gasteiger partial charge in [0.25, 0.3) is 0 Å². The van der Waals surface area contributed by atoms with Gasteiger partial charge >= 0.3 is 5.97 Å². The van der Waals surface area contributed by atoms with Crippen molar-refractivity contribution in [2.24, 2.45) is 28.6 Å². The van der Waals surface area contributed by atoms with E-state index in [1.807, 2.05) is 6.92 Å². The first-order chi connectivity index (χ1) is 10.4. The highest BCUT2D eigenvalue weighted by Crippen LogP contribution is 2.54. The molecule has 130 valence electrons. The summed E-state index contributed by atoms with van der Waals surface area (Å²) >= 11 is 0. The number of esters is 1. The molecule has 0 N–H and O–H groups in total. The number of rotatable bonds is 5. The maximum absolute atomic E-state index is 12.6. The Morgan fingerprint density at radius 1 is 1.22 bits per heavy atom. The van der Waals surface area contributed by atoms with E-state index in [1.165, 1.54) is 28.7 Å². The molecule has 3 atom stereocenters. The van der Waals surface area contributed by atoms with Crippen molar-refractivity contribution in [2.45, 2.75) is 68.7 Å². The summed E-state index contributed by atoms with van der Waals surface area (Å²) in [6.45, 7) is 20.1. The van der Waals surface area contributed by atoms with Gasteiger partial charge in [0.15, 0.2) is 0 Å². The summed E-state index contributed by atoms with van der Waals surface area (Å²) in [5.41, 5.74) is 5.25. The number of carbonyl (C=O) groups is 1. The zero-order chi connectivity index (χ0) is 17.7. The number of ether oxygens (including phenoxy) is 1. The maximum atomic E-state index is 12.6. The van der Waals surface area contributed by atoms with E-state index in [-0.39, 0.29) is 22.7 Å². The van der Waals surface area contributed by atoms with Crippen molar-refractivity contribution in [1.29, 1.82) is 0 Å². The lowest BCUT2D eigenvalue weighted by Crippen LogP contribution is -2.35. The van der Waals surface area contributed by atoms with E-state index in [2.05, 4.69) is 55.4 Å². The Hall–Kier alpha value is -1.05. The monoisotopic (exact) mass is 318 g/mol. The summed E-state index contributed by atoms with van der Waals surface area (Å²) in [4.78, 5) is 12.6. The molecule has 2 nitrogen and oxygen atoms in total. The molecule has 2 heteroatoms. The predicted molar refractivity (Wildman–Crippen MR) is 96.0 cm³/mol. The van der Waals surface area contributed by atoms with Crippen molar-refractivity contribution < 1.29 is 9.53 Å². The van der Waals surface area contributed by atoms with E-state index in [0.29, 0.717) is 12.5 Å². The third kappa shape index (κ3) is 2.90. The Morgan fingerprint density at radius 2 is 1.65 bits per heavy atom. The van der Waals surface area contributed by atoms with Crippen LogP contribution < -0.4 is 0 Å². The fraction of sp³-hybridized carbons (Fsp3) is 0.762. The van der Waals surface area contributed by atoms with E-state index in [0.717, 1.165) is 5.92 Å². The van der Waals surface area contributed by atoms with Gasteiger partial charge in [-0.15, -0.1) is 0 Å². The van der Waals surface area contributed by atoms with Gasteiger partial charge in [0.05, 0.1) is 5.92 Å². The minimum atomic E-state index is -0.138. The fourth-order valence-electron chi connectivity index (χ4n) is 4.21. The Kier molecular flexibility index (Phi) is 4.60. The van der Waals surface area contributed by atoms with Crippen molar-refractivity contribution in [2.75, 3.05) is 6.61 Å². The van der Waals surface area contributed by atoms with Crippen molar-refractivity contribution in [3.8, 4) is 0 Å². The summed E-state index contributed by atoms with van der Waals surface area (Å²) in [5.74, 6) is 1.30. The van der Waals surface area contributed by atoms with Gasteiger partial charge in [-0.05, 0) is 69.4 Å². The Morgan fingerprint density at radius 3 is 2.04 bits per heavy atom. The molecule has 0 amide bonds. The maximum Gasteiger partial charge on any atom is 0.309 e. The van der Waals surface area contributed by atoms with Gasteiger partial charge in [0.1, 0.15) is 6.61 Å². The highest BCUT2D eigenvalue weighted by atomic mass is 16.5. The SMILES string of the molecule is CC1=C(C)C(C)(COC(=O)C(C)C(C)(C)C2CC2C)C(C)=C1C. The molecule has 1 fully saturated rings. The van der Waals surface area contributed by atoms with E-state index >= 15 is 0 Å². The van der Waals surface area contributed by atoms with Crippen LogP contribution in [0.15, 0.2) is 22.3 Å². The summed E-state index contributed by atoms with van der Waals surface area (Å²) in [6.07, 6.45) is 1.24. The van der Waals surface area contributed by atoms with Crippen LogP contribution in [0.4, 0.5) is 0 Å². The second-order valence-electron chi connectivity index (χ2n) is 8.80. The first kappa shape index (κ1) is 18.3. The van der Waals surface area contributed by atoms with Crippen molar-refractivity contribution in [3.05, 3.63) is 22.3 Å². The second-order valence-corrected chi connectivity index (χ2v) is 8.80. The van der Waals surface area contributed by atoms with Crippen LogP contribution in [0, 0.1) is 28.6 Å². The first-order valence-electron chi connectivity index (χ1n) is 8.97. The molecule has 0 spiro atoms. The summed E-state index contributed by atoms with van der Waals surface area (Å²) in [5, 5.41) is 0. The second kappa shape index (κ2) is 5.79. The highest BCUT2D eigenvalue weighted by molar-refractivity contribution is 5.73. The van der Waals surface area contributed by atoms with E-state index in [4.69, 9.17) is 4.74 Å². The number of allylic oxidation sites excluding steroid dienone is 2. The van der Waals surface area contributed by atoms with Gasteiger partial charge in [0.2, 0.25) is 0 Å². The third-order valence-electron chi connectivity index (χ3n) is 7.38. The van der Waals surface area contributed by atoms with Gasteiger partial charge in [-0.2, -0.15) is 0 Å². The molecule has 0 aromatic rings. The van der Waals surface area contributed by atoms with Crippen LogP contribution in [-0.2, 0) is 9.53 Å². The lowest BCUT2D eigenvalue weighted by Gasteiger charge is -2.33. The molecule has 1 saturated carbocycles. The quantitative estimate of drug-likeness (QED) is 0.622. The van der Waals surface area contributed by atoms with Gasteiger partial charge < -0.3 is 4.74 Å². The molecule has 3 unspecified atom stereocenters. The fourth-order valence-corrected chi connectivity index (χ4v) is 4.21. The molecule has 0 saturated heterocycles. The Labute approximate surface area is 142 Å². The molecule has 0 bridgehead atoms. The van der Waals surface area contributed by atoms with Crippen LogP contribution in [0.5, 0.6) is 0 Å². The molecule has 0 heterocycles. The predicted octanol–water partition coefficient (Wildman–Crippen LogP) is 5.54. The molecule has 23 heavy (non-hydrogen) atoms. The first-order valence-corrected chi connectivity index (χ1v) is 8.97. The normalized spacial score (nSPS) is 28.2. The smallest absolute Gasteiger partial charge is 0.309 e. The van der Waals surface area contributed by atoms with Gasteiger partial charge in [-0.25, -0.2) is 0 Å². The standard InChI is InChI=1S/C21H34O2/c1-12-10-18(12)20(7,8)17(6)19(22)23-11-21(9)15(4)13(2)14(3)16(21)5/h12,17-18H,10-11H2,1-9H3. The molecule has 0 aromatic carbocycles. The number of hydrogen-bond acceptors (Lipinski definition) is 2. The largest absolute Gasteiger partial charge is 0.464 e. The van der Waals surface area contributed by atoms with Crippen LogP contribution in [0.3, 0.4) is 0 Å². The topological polar surface area (TPSA) is 26.3 Å². The molecule has 0 aromatic heterocycles. The summed E-state index contributed by atoms with van der Waals surface area (Å²) in [6, 6.07) is 0. The molecule has 2 aliphatic carbocycles. The zero-order valence-corrected chi connectivity index (χ0v) is 16.5. The van der Waals surface area contributed by atoms with Crippen LogP contribution in [-0.4, -0.2) is 12.6 Å². The van der Waals surface area contributed by atoms with Crippen LogP contribution in [0.25, 0.3) is 0 Å². The van der Waals surface area contributed by atoms with Gasteiger partial charge in [-0.3, -0.25) is 4.79 Å². The van der Waals surface area contributed by atoms with Crippen LogP contribution in [0.2, 0.25) is 0 Å². The molecule has 2 aliphatic rings. The molecular formula is C21H34O2. The van der Waals surface area contributed by atoms with Gasteiger partial charge in [-0.1, -0.05) is 38.8 Å². The average molecular weight is 319 g/mol. The third-order valence-corrected chi connectivity index (χ3v) is 7.38. The van der Waals surface area contributed by atoms with E-state index < -0.39 is 0 Å². The number of hydrogen-bond donors (Lipinski definition) is 0. The van der Waals surface area contributed by atoms with E-state index in [1.54, 1.807) is 0 Å². The van der Waals surface area contributed by atoms with Crippen LogP contribution in [0.1, 0.15) is 68.7 Å². The Balaban J connectivity index is 2.05. The minimum absolute atomic E-state index is 0.0225. The number of carbonyl (C=O) groups excluding carboxylic acids is 1. The molecule has 0 radical (unpaired) electrons. The Bertz CT molecular complexity index is 553. The van der Waals surface area contributed by atoms with Crippen molar-refractivity contribution in [1.82, 2.24) is 0 Å².